The number of rotatable bonds is 5. The first-order valence-electron chi connectivity index (χ1n) is 8.62. The predicted molar refractivity (Wildman–Crippen MR) is 110 cm³/mol. The highest BCUT2D eigenvalue weighted by Crippen LogP contribution is 2.28. The highest BCUT2D eigenvalue weighted by Gasteiger charge is 2.09. The molecular formula is C22H18ClN3O. The van der Waals surface area contributed by atoms with Crippen LogP contribution < -0.4 is 10.1 Å². The van der Waals surface area contributed by atoms with Crippen molar-refractivity contribution in [3.63, 3.8) is 0 Å². The third-order valence-corrected chi connectivity index (χ3v) is 4.63. The van der Waals surface area contributed by atoms with E-state index in [1.807, 2.05) is 60.7 Å². The Morgan fingerprint density at radius 2 is 1.70 bits per heavy atom. The number of aromatic nitrogens is 2. The van der Waals surface area contributed by atoms with Crippen molar-refractivity contribution in [2.24, 2.45) is 0 Å². The molecule has 0 aliphatic rings. The van der Waals surface area contributed by atoms with Gasteiger partial charge in [0.15, 0.2) is 0 Å². The van der Waals surface area contributed by atoms with Crippen molar-refractivity contribution in [2.45, 2.75) is 6.54 Å². The molecule has 27 heavy (non-hydrogen) atoms. The summed E-state index contributed by atoms with van der Waals surface area (Å²) in [7, 11) is 1.65. The first kappa shape index (κ1) is 17.3. The van der Waals surface area contributed by atoms with Gasteiger partial charge in [-0.15, -0.1) is 0 Å². The maximum Gasteiger partial charge on any atom is 0.139 e. The Morgan fingerprint density at radius 1 is 0.926 bits per heavy atom. The molecule has 0 amide bonds. The summed E-state index contributed by atoms with van der Waals surface area (Å²) in [5, 5.41) is 4.63. The molecule has 0 bridgehead atoms. The summed E-state index contributed by atoms with van der Waals surface area (Å²) in [6, 6.07) is 23.8. The minimum absolute atomic E-state index is 0.445. The van der Waals surface area contributed by atoms with Gasteiger partial charge in [-0.2, -0.15) is 0 Å². The molecule has 0 radical (unpaired) electrons. The van der Waals surface area contributed by atoms with Crippen LogP contribution in [0.4, 0.5) is 5.82 Å². The molecule has 0 aliphatic heterocycles. The SMILES string of the molecule is COc1ccc(-c2cc3nc(NCc4ccccc4)ccc3c(Cl)n2)cc1. The Kier molecular flexibility index (Phi) is 4.90. The van der Waals surface area contributed by atoms with Gasteiger partial charge < -0.3 is 10.1 Å². The van der Waals surface area contributed by atoms with Gasteiger partial charge in [0.25, 0.3) is 0 Å². The zero-order chi connectivity index (χ0) is 18.6. The second kappa shape index (κ2) is 7.64. The summed E-state index contributed by atoms with van der Waals surface area (Å²) in [5.74, 6) is 1.60. The Labute approximate surface area is 162 Å². The van der Waals surface area contributed by atoms with Crippen LogP contribution in [-0.2, 0) is 6.54 Å². The van der Waals surface area contributed by atoms with Crippen molar-refractivity contribution in [3.8, 4) is 17.0 Å². The van der Waals surface area contributed by atoms with Crippen LogP contribution >= 0.6 is 11.6 Å². The van der Waals surface area contributed by atoms with E-state index in [-0.39, 0.29) is 0 Å². The Balaban J connectivity index is 1.65. The van der Waals surface area contributed by atoms with Gasteiger partial charge in [0.1, 0.15) is 16.7 Å². The maximum absolute atomic E-state index is 6.40. The van der Waals surface area contributed by atoms with Crippen LogP contribution in [0.15, 0.2) is 72.8 Å². The van der Waals surface area contributed by atoms with Crippen LogP contribution in [-0.4, -0.2) is 17.1 Å². The number of hydrogen-bond donors (Lipinski definition) is 1. The Bertz CT molecular complexity index is 1070. The van der Waals surface area contributed by atoms with Crippen molar-refractivity contribution in [1.29, 1.82) is 0 Å². The predicted octanol–water partition coefficient (Wildman–Crippen LogP) is 5.57. The van der Waals surface area contributed by atoms with Gasteiger partial charge in [-0.05, 0) is 48.0 Å². The average molecular weight is 376 g/mol. The number of ether oxygens (including phenoxy) is 1. The number of fused-ring (bicyclic) bond motifs is 1. The van der Waals surface area contributed by atoms with E-state index < -0.39 is 0 Å². The Morgan fingerprint density at radius 3 is 2.44 bits per heavy atom. The summed E-state index contributed by atoms with van der Waals surface area (Å²) in [6.45, 7) is 0.712. The molecule has 4 rings (SSSR count). The third-order valence-electron chi connectivity index (χ3n) is 4.34. The number of nitrogens with zero attached hydrogens (tertiary/aromatic N) is 2. The van der Waals surface area contributed by atoms with Crippen LogP contribution in [0, 0.1) is 0 Å². The van der Waals surface area contributed by atoms with E-state index in [0.717, 1.165) is 33.7 Å². The topological polar surface area (TPSA) is 47.0 Å². The number of hydrogen-bond acceptors (Lipinski definition) is 4. The molecule has 2 aromatic carbocycles. The maximum atomic E-state index is 6.40. The molecule has 0 atom stereocenters. The largest absolute Gasteiger partial charge is 0.497 e. The standard InChI is InChI=1S/C22H18ClN3O/c1-27-17-9-7-16(8-10-17)19-13-20-18(22(23)26-19)11-12-21(25-20)24-14-15-5-3-2-4-6-15/h2-13H,14H2,1H3,(H,24,25). The van der Waals surface area contributed by atoms with Gasteiger partial charge in [0.2, 0.25) is 0 Å². The molecule has 0 spiro atoms. The molecule has 0 saturated heterocycles. The highest BCUT2D eigenvalue weighted by molar-refractivity contribution is 6.34. The minimum atomic E-state index is 0.445. The average Bonchev–Trinajstić information content (AvgIpc) is 2.73. The third kappa shape index (κ3) is 3.86. The van der Waals surface area contributed by atoms with E-state index >= 15 is 0 Å². The van der Waals surface area contributed by atoms with Gasteiger partial charge in [0.05, 0.1) is 18.3 Å². The summed E-state index contributed by atoms with van der Waals surface area (Å²) < 4.78 is 5.21. The monoisotopic (exact) mass is 375 g/mol. The number of halogens is 1. The summed E-state index contributed by atoms with van der Waals surface area (Å²) in [5.41, 5.74) is 3.75. The second-order valence-electron chi connectivity index (χ2n) is 6.13. The quantitative estimate of drug-likeness (QED) is 0.463. The summed E-state index contributed by atoms with van der Waals surface area (Å²) >= 11 is 6.40. The van der Waals surface area contributed by atoms with Crippen molar-refractivity contribution in [1.82, 2.24) is 9.97 Å². The molecule has 2 heterocycles. The first-order chi connectivity index (χ1) is 13.2. The molecule has 4 aromatic rings. The van der Waals surface area contributed by atoms with Gasteiger partial charge in [0, 0.05) is 17.5 Å². The second-order valence-corrected chi connectivity index (χ2v) is 6.49. The zero-order valence-corrected chi connectivity index (χ0v) is 15.6. The summed E-state index contributed by atoms with van der Waals surface area (Å²) in [4.78, 5) is 9.23. The van der Waals surface area contributed by atoms with Gasteiger partial charge in [-0.3, -0.25) is 0 Å². The van der Waals surface area contributed by atoms with Gasteiger partial charge in [-0.25, -0.2) is 9.97 Å². The molecule has 2 aromatic heterocycles. The van der Waals surface area contributed by atoms with E-state index in [9.17, 15) is 0 Å². The molecule has 0 unspecified atom stereocenters. The molecule has 1 N–H and O–H groups in total. The normalized spacial score (nSPS) is 10.7. The van der Waals surface area contributed by atoms with E-state index in [1.165, 1.54) is 5.56 Å². The minimum Gasteiger partial charge on any atom is -0.497 e. The molecule has 0 saturated carbocycles. The van der Waals surface area contributed by atoms with Crippen LogP contribution in [0.3, 0.4) is 0 Å². The molecule has 134 valence electrons. The van der Waals surface area contributed by atoms with E-state index in [0.29, 0.717) is 11.7 Å². The van der Waals surface area contributed by atoms with E-state index in [1.54, 1.807) is 7.11 Å². The smallest absolute Gasteiger partial charge is 0.139 e. The van der Waals surface area contributed by atoms with Crippen LogP contribution in [0.1, 0.15) is 5.56 Å². The van der Waals surface area contributed by atoms with Gasteiger partial charge >= 0.3 is 0 Å². The number of anilines is 1. The van der Waals surface area contributed by atoms with Gasteiger partial charge in [-0.1, -0.05) is 41.9 Å². The fourth-order valence-corrected chi connectivity index (χ4v) is 3.13. The molecule has 5 heteroatoms. The zero-order valence-electron chi connectivity index (χ0n) is 14.8. The lowest BCUT2D eigenvalue weighted by Crippen LogP contribution is -2.01. The van der Waals surface area contributed by atoms with Crippen molar-refractivity contribution < 1.29 is 4.74 Å². The Hall–Kier alpha value is -3.11. The van der Waals surface area contributed by atoms with E-state index in [2.05, 4.69) is 22.4 Å². The number of methoxy groups -OCH3 is 1. The molecule has 0 aliphatic carbocycles. The van der Waals surface area contributed by atoms with Crippen molar-refractivity contribution in [3.05, 3.63) is 83.5 Å². The number of benzene rings is 2. The molecule has 4 nitrogen and oxygen atoms in total. The van der Waals surface area contributed by atoms with Crippen molar-refractivity contribution in [2.75, 3.05) is 12.4 Å². The number of nitrogens with one attached hydrogen (secondary N) is 1. The highest BCUT2D eigenvalue weighted by atomic mass is 35.5. The fourth-order valence-electron chi connectivity index (χ4n) is 2.88. The van der Waals surface area contributed by atoms with Crippen molar-refractivity contribution >= 4 is 28.3 Å². The lowest BCUT2D eigenvalue weighted by molar-refractivity contribution is 0.415. The summed E-state index contributed by atoms with van der Waals surface area (Å²) in [6.07, 6.45) is 0. The lowest BCUT2D eigenvalue weighted by atomic mass is 10.1. The molecule has 0 fully saturated rings. The lowest BCUT2D eigenvalue weighted by Gasteiger charge is -2.09. The van der Waals surface area contributed by atoms with Crippen LogP contribution in [0.2, 0.25) is 5.15 Å². The first-order valence-corrected chi connectivity index (χ1v) is 9.00. The molecular weight excluding hydrogens is 358 g/mol. The van der Waals surface area contributed by atoms with Crippen LogP contribution in [0.5, 0.6) is 5.75 Å². The fraction of sp³-hybridized carbons (Fsp3) is 0.0909. The van der Waals surface area contributed by atoms with E-state index in [4.69, 9.17) is 21.3 Å². The number of pyridine rings is 2. The van der Waals surface area contributed by atoms with Crippen LogP contribution in [0.25, 0.3) is 22.2 Å².